The van der Waals surface area contributed by atoms with E-state index in [9.17, 15) is 14.4 Å². The number of carbonyl (C=O) groups is 3. The molecule has 0 spiro atoms. The molecule has 4 rings (SSSR count). The predicted molar refractivity (Wildman–Crippen MR) is 114 cm³/mol. The van der Waals surface area contributed by atoms with Crippen LogP contribution in [0.15, 0.2) is 48.5 Å². The zero-order valence-electron chi connectivity index (χ0n) is 16.9. The van der Waals surface area contributed by atoms with Crippen LogP contribution in [0.2, 0.25) is 0 Å². The summed E-state index contributed by atoms with van der Waals surface area (Å²) in [5.41, 5.74) is 3.68. The highest BCUT2D eigenvalue weighted by atomic mass is 16.2. The van der Waals surface area contributed by atoms with Crippen molar-refractivity contribution in [2.75, 3.05) is 29.9 Å². The minimum atomic E-state index is -0.460. The van der Waals surface area contributed by atoms with Crippen LogP contribution in [-0.4, -0.2) is 48.5 Å². The van der Waals surface area contributed by atoms with Gasteiger partial charge >= 0.3 is 12.1 Å². The van der Waals surface area contributed by atoms with Gasteiger partial charge in [-0.05, 0) is 42.7 Å². The lowest BCUT2D eigenvalue weighted by Crippen LogP contribution is -2.45. The molecule has 1 saturated heterocycles. The van der Waals surface area contributed by atoms with E-state index in [4.69, 9.17) is 0 Å². The van der Waals surface area contributed by atoms with Crippen LogP contribution in [0.3, 0.4) is 0 Å². The molecule has 8 heteroatoms. The van der Waals surface area contributed by atoms with Gasteiger partial charge in [-0.1, -0.05) is 30.3 Å². The maximum atomic E-state index is 12.4. The summed E-state index contributed by atoms with van der Waals surface area (Å²) in [7, 11) is 0. The number of nitrogens with zero attached hydrogens (tertiary/aromatic N) is 2. The van der Waals surface area contributed by atoms with Crippen LogP contribution < -0.4 is 20.9 Å². The summed E-state index contributed by atoms with van der Waals surface area (Å²) in [5.74, 6) is -0.321. The average molecular weight is 407 g/mol. The number of hydrogen-bond donors (Lipinski definition) is 3. The van der Waals surface area contributed by atoms with Gasteiger partial charge in [0.05, 0.1) is 12.2 Å². The Morgan fingerprint density at radius 1 is 1.13 bits per heavy atom. The number of imide groups is 1. The van der Waals surface area contributed by atoms with Gasteiger partial charge in [0.15, 0.2) is 0 Å². The van der Waals surface area contributed by atoms with E-state index in [0.29, 0.717) is 17.9 Å². The van der Waals surface area contributed by atoms with E-state index in [1.165, 1.54) is 11.1 Å². The molecule has 1 atom stereocenters. The molecule has 1 unspecified atom stereocenters. The first-order valence-corrected chi connectivity index (χ1v) is 10.1. The molecule has 2 aliphatic heterocycles. The van der Waals surface area contributed by atoms with Crippen molar-refractivity contribution < 1.29 is 14.4 Å². The first kappa shape index (κ1) is 19.9. The number of benzene rings is 2. The Bertz CT molecular complexity index is 961. The topological polar surface area (TPSA) is 93.8 Å². The third kappa shape index (κ3) is 4.28. The molecule has 8 nitrogen and oxygen atoms in total. The molecule has 0 bridgehead atoms. The molecular weight excluding hydrogens is 382 g/mol. The summed E-state index contributed by atoms with van der Waals surface area (Å²) in [6.45, 7) is 4.45. The number of carbonyl (C=O) groups excluding carboxylic acids is 3. The number of amides is 5. The molecular formula is C22H25N5O3. The van der Waals surface area contributed by atoms with Crippen LogP contribution in [0.4, 0.5) is 21.0 Å². The zero-order valence-corrected chi connectivity index (χ0v) is 16.9. The van der Waals surface area contributed by atoms with E-state index < -0.39 is 6.03 Å². The van der Waals surface area contributed by atoms with E-state index in [1.807, 2.05) is 0 Å². The SMILES string of the molecule is CC(CNC(=O)Nc1cccc(N2C(=O)CNC2=O)c1)N1CCc2ccccc2C1. The van der Waals surface area contributed by atoms with Crippen LogP contribution in [-0.2, 0) is 17.8 Å². The third-order valence-corrected chi connectivity index (χ3v) is 5.55. The normalized spacial score (nSPS) is 17.3. The van der Waals surface area contributed by atoms with Gasteiger partial charge in [-0.15, -0.1) is 0 Å². The van der Waals surface area contributed by atoms with Crippen molar-refractivity contribution >= 4 is 29.3 Å². The Hall–Kier alpha value is -3.39. The lowest BCUT2D eigenvalue weighted by Gasteiger charge is -2.33. The van der Waals surface area contributed by atoms with Crippen molar-refractivity contribution in [2.45, 2.75) is 25.9 Å². The van der Waals surface area contributed by atoms with Gasteiger partial charge < -0.3 is 16.0 Å². The minimum Gasteiger partial charge on any atom is -0.336 e. The van der Waals surface area contributed by atoms with Crippen molar-refractivity contribution in [3.8, 4) is 0 Å². The number of hydrogen-bond acceptors (Lipinski definition) is 4. The molecule has 2 aliphatic rings. The fraction of sp³-hybridized carbons (Fsp3) is 0.318. The number of urea groups is 2. The Labute approximate surface area is 175 Å². The van der Waals surface area contributed by atoms with E-state index in [0.717, 1.165) is 24.4 Å². The molecule has 5 amide bonds. The smallest absolute Gasteiger partial charge is 0.329 e. The maximum absolute atomic E-state index is 12.4. The second kappa shape index (κ2) is 8.54. The molecule has 156 valence electrons. The zero-order chi connectivity index (χ0) is 21.1. The van der Waals surface area contributed by atoms with E-state index in [2.05, 4.69) is 52.0 Å². The van der Waals surface area contributed by atoms with Crippen molar-refractivity contribution in [1.29, 1.82) is 0 Å². The van der Waals surface area contributed by atoms with Gasteiger partial charge in [-0.25, -0.2) is 14.5 Å². The first-order valence-electron chi connectivity index (χ1n) is 10.1. The highest BCUT2D eigenvalue weighted by Gasteiger charge is 2.30. The number of anilines is 2. The third-order valence-electron chi connectivity index (χ3n) is 5.55. The second-order valence-corrected chi connectivity index (χ2v) is 7.61. The van der Waals surface area contributed by atoms with Crippen molar-refractivity contribution in [2.24, 2.45) is 0 Å². The fourth-order valence-corrected chi connectivity index (χ4v) is 3.85. The van der Waals surface area contributed by atoms with E-state index in [1.54, 1.807) is 24.3 Å². The van der Waals surface area contributed by atoms with Crippen LogP contribution in [0.1, 0.15) is 18.1 Å². The van der Waals surface area contributed by atoms with E-state index in [-0.39, 0.29) is 24.5 Å². The standard InChI is InChI=1S/C22H25N5O3/c1-15(26-10-9-16-5-2-3-6-17(16)14-26)12-23-21(29)25-18-7-4-8-19(11-18)27-20(28)13-24-22(27)30/h2-8,11,15H,9-10,12-14H2,1H3,(H,24,30)(H2,23,25,29). The van der Waals surface area contributed by atoms with Gasteiger partial charge in [0.1, 0.15) is 0 Å². The quantitative estimate of drug-likeness (QED) is 0.663. The lowest BCUT2D eigenvalue weighted by molar-refractivity contribution is -0.115. The summed E-state index contributed by atoms with van der Waals surface area (Å²) >= 11 is 0. The Morgan fingerprint density at radius 2 is 1.93 bits per heavy atom. The molecule has 2 aromatic carbocycles. The fourth-order valence-electron chi connectivity index (χ4n) is 3.85. The summed E-state index contributed by atoms with van der Waals surface area (Å²) < 4.78 is 0. The minimum absolute atomic E-state index is 0.0180. The lowest BCUT2D eigenvalue weighted by atomic mass is 9.99. The number of rotatable bonds is 5. The Morgan fingerprint density at radius 3 is 2.70 bits per heavy atom. The van der Waals surface area contributed by atoms with Gasteiger partial charge in [0, 0.05) is 31.4 Å². The second-order valence-electron chi connectivity index (χ2n) is 7.61. The van der Waals surface area contributed by atoms with Crippen LogP contribution in [0.5, 0.6) is 0 Å². The number of fused-ring (bicyclic) bond motifs is 1. The van der Waals surface area contributed by atoms with Crippen LogP contribution in [0.25, 0.3) is 0 Å². The van der Waals surface area contributed by atoms with Gasteiger partial charge in [-0.3, -0.25) is 9.69 Å². The first-order chi connectivity index (χ1) is 14.5. The average Bonchev–Trinajstić information content (AvgIpc) is 3.09. The molecule has 30 heavy (non-hydrogen) atoms. The largest absolute Gasteiger partial charge is 0.336 e. The van der Waals surface area contributed by atoms with Crippen LogP contribution in [0, 0.1) is 0 Å². The molecule has 0 saturated carbocycles. The van der Waals surface area contributed by atoms with Gasteiger partial charge in [0.2, 0.25) is 0 Å². The summed E-state index contributed by atoms with van der Waals surface area (Å²) in [6, 6.07) is 14.5. The summed E-state index contributed by atoms with van der Waals surface area (Å²) in [4.78, 5) is 39.5. The van der Waals surface area contributed by atoms with Crippen molar-refractivity contribution in [3.05, 3.63) is 59.7 Å². The molecule has 0 aromatic heterocycles. The Balaban J connectivity index is 1.30. The molecule has 1 fully saturated rings. The summed E-state index contributed by atoms with van der Waals surface area (Å²) in [5, 5.41) is 8.16. The van der Waals surface area contributed by atoms with Crippen LogP contribution >= 0.6 is 0 Å². The van der Waals surface area contributed by atoms with E-state index >= 15 is 0 Å². The molecule has 2 aromatic rings. The molecule has 3 N–H and O–H groups in total. The molecule has 0 radical (unpaired) electrons. The summed E-state index contributed by atoms with van der Waals surface area (Å²) in [6.07, 6.45) is 1.02. The van der Waals surface area contributed by atoms with Gasteiger partial charge in [-0.2, -0.15) is 0 Å². The highest BCUT2D eigenvalue weighted by molar-refractivity contribution is 6.20. The molecule has 0 aliphatic carbocycles. The van der Waals surface area contributed by atoms with Gasteiger partial charge in [0.25, 0.3) is 5.91 Å². The molecule has 2 heterocycles. The highest BCUT2D eigenvalue weighted by Crippen LogP contribution is 2.22. The number of nitrogens with one attached hydrogen (secondary N) is 3. The monoisotopic (exact) mass is 407 g/mol. The van der Waals surface area contributed by atoms with Crippen molar-refractivity contribution in [3.63, 3.8) is 0 Å². The Kier molecular flexibility index (Phi) is 5.67. The maximum Gasteiger partial charge on any atom is 0.329 e. The predicted octanol–water partition coefficient (Wildman–Crippen LogP) is 2.31. The van der Waals surface area contributed by atoms with Crippen molar-refractivity contribution in [1.82, 2.24) is 15.5 Å².